The summed E-state index contributed by atoms with van der Waals surface area (Å²) < 4.78 is 0. The lowest BCUT2D eigenvalue weighted by Crippen LogP contribution is -1.87. The van der Waals surface area contributed by atoms with Gasteiger partial charge in [-0.05, 0) is 29.2 Å². The van der Waals surface area contributed by atoms with Gasteiger partial charge in [0.15, 0.2) is 0 Å². The van der Waals surface area contributed by atoms with Gasteiger partial charge in [-0.2, -0.15) is 0 Å². The first-order valence-electron chi connectivity index (χ1n) is 6.46. The molecule has 0 saturated heterocycles. The standard InChI is InChI=1S/C18H16O2/c19-18(20)14-13-17-11-5-4-10-16(17)12-6-9-15-7-2-1-3-8-15/h1-8,10-14H,9H2,(H,19,20)/b12-6+,14-13+. The molecule has 0 aliphatic rings. The molecule has 1 N–H and O–H groups in total. The zero-order valence-electron chi connectivity index (χ0n) is 11.1. The van der Waals surface area contributed by atoms with Gasteiger partial charge in [-0.3, -0.25) is 0 Å². The van der Waals surface area contributed by atoms with E-state index in [1.807, 2.05) is 48.5 Å². The molecule has 0 atom stereocenters. The van der Waals surface area contributed by atoms with Crippen LogP contribution < -0.4 is 0 Å². The number of benzene rings is 2. The van der Waals surface area contributed by atoms with E-state index in [4.69, 9.17) is 5.11 Å². The predicted octanol–water partition coefficient (Wildman–Crippen LogP) is 4.04. The number of hydrogen-bond donors (Lipinski definition) is 1. The monoisotopic (exact) mass is 264 g/mol. The first-order chi connectivity index (χ1) is 9.75. The Bertz CT molecular complexity index is 625. The molecule has 0 radical (unpaired) electrons. The summed E-state index contributed by atoms with van der Waals surface area (Å²) in [5, 5.41) is 8.69. The van der Waals surface area contributed by atoms with E-state index in [-0.39, 0.29) is 0 Å². The Kier molecular flexibility index (Phi) is 4.90. The fraction of sp³-hybridized carbons (Fsp3) is 0.0556. The molecule has 0 saturated carbocycles. The van der Waals surface area contributed by atoms with E-state index in [9.17, 15) is 4.79 Å². The van der Waals surface area contributed by atoms with E-state index in [0.29, 0.717) is 0 Å². The molecule has 0 aromatic heterocycles. The largest absolute Gasteiger partial charge is 0.478 e. The molecule has 0 spiro atoms. The van der Waals surface area contributed by atoms with Crippen LogP contribution in [0.2, 0.25) is 0 Å². The molecule has 0 bridgehead atoms. The summed E-state index contributed by atoms with van der Waals surface area (Å²) in [6.45, 7) is 0. The van der Waals surface area contributed by atoms with E-state index in [1.165, 1.54) is 5.56 Å². The van der Waals surface area contributed by atoms with E-state index in [1.54, 1.807) is 6.08 Å². The molecular formula is C18H16O2. The number of hydrogen-bond acceptors (Lipinski definition) is 1. The van der Waals surface area contributed by atoms with Gasteiger partial charge in [-0.1, -0.05) is 66.7 Å². The highest BCUT2D eigenvalue weighted by molar-refractivity contribution is 5.86. The Balaban J connectivity index is 2.11. The van der Waals surface area contributed by atoms with Gasteiger partial charge in [0.25, 0.3) is 0 Å². The molecule has 2 heteroatoms. The molecule has 2 rings (SSSR count). The average molecular weight is 264 g/mol. The van der Waals surface area contributed by atoms with Gasteiger partial charge < -0.3 is 5.11 Å². The summed E-state index contributed by atoms with van der Waals surface area (Å²) in [6.07, 6.45) is 7.74. The van der Waals surface area contributed by atoms with E-state index < -0.39 is 5.97 Å². The molecule has 20 heavy (non-hydrogen) atoms. The highest BCUT2D eigenvalue weighted by Crippen LogP contribution is 2.13. The summed E-state index contributed by atoms with van der Waals surface area (Å²) in [5.74, 6) is -0.937. The van der Waals surface area contributed by atoms with Gasteiger partial charge in [-0.15, -0.1) is 0 Å². The van der Waals surface area contributed by atoms with Crippen molar-refractivity contribution in [1.29, 1.82) is 0 Å². The van der Waals surface area contributed by atoms with Crippen molar-refractivity contribution in [2.45, 2.75) is 6.42 Å². The Hall–Kier alpha value is -2.61. The number of allylic oxidation sites excluding steroid dienone is 1. The van der Waals surface area contributed by atoms with Crippen molar-refractivity contribution >= 4 is 18.1 Å². The van der Waals surface area contributed by atoms with Crippen molar-refractivity contribution in [3.05, 3.63) is 83.4 Å². The topological polar surface area (TPSA) is 37.3 Å². The average Bonchev–Trinajstić information content (AvgIpc) is 2.47. The number of carboxylic acid groups (broad SMARTS) is 1. The summed E-state index contributed by atoms with van der Waals surface area (Å²) in [7, 11) is 0. The van der Waals surface area contributed by atoms with E-state index in [0.717, 1.165) is 23.6 Å². The van der Waals surface area contributed by atoms with Gasteiger partial charge in [0.1, 0.15) is 0 Å². The molecular weight excluding hydrogens is 248 g/mol. The van der Waals surface area contributed by atoms with Crippen LogP contribution in [0, 0.1) is 0 Å². The van der Waals surface area contributed by atoms with Crippen LogP contribution in [-0.2, 0) is 11.2 Å². The van der Waals surface area contributed by atoms with Crippen LogP contribution in [0.5, 0.6) is 0 Å². The Morgan fingerprint density at radius 3 is 2.15 bits per heavy atom. The normalized spacial score (nSPS) is 11.2. The van der Waals surface area contributed by atoms with Crippen molar-refractivity contribution in [3.63, 3.8) is 0 Å². The smallest absolute Gasteiger partial charge is 0.328 e. The number of rotatable bonds is 5. The van der Waals surface area contributed by atoms with Crippen LogP contribution in [-0.4, -0.2) is 11.1 Å². The maximum Gasteiger partial charge on any atom is 0.328 e. The molecule has 0 fully saturated rings. The minimum Gasteiger partial charge on any atom is -0.478 e. The van der Waals surface area contributed by atoms with Gasteiger partial charge >= 0.3 is 5.97 Å². The van der Waals surface area contributed by atoms with Gasteiger partial charge in [0.2, 0.25) is 0 Å². The molecule has 2 aromatic carbocycles. The minimum absolute atomic E-state index is 0.859. The van der Waals surface area contributed by atoms with Crippen molar-refractivity contribution in [3.8, 4) is 0 Å². The lowest BCUT2D eigenvalue weighted by atomic mass is 10.1. The maximum atomic E-state index is 10.6. The third-order valence-corrected chi connectivity index (χ3v) is 2.90. The Labute approximate surface area is 118 Å². The van der Waals surface area contributed by atoms with Crippen LogP contribution in [0.3, 0.4) is 0 Å². The Morgan fingerprint density at radius 2 is 1.50 bits per heavy atom. The summed E-state index contributed by atoms with van der Waals surface area (Å²) in [6, 6.07) is 17.9. The second kappa shape index (κ2) is 7.10. The summed E-state index contributed by atoms with van der Waals surface area (Å²) >= 11 is 0. The van der Waals surface area contributed by atoms with Crippen molar-refractivity contribution in [1.82, 2.24) is 0 Å². The predicted molar refractivity (Wildman–Crippen MR) is 82.3 cm³/mol. The first kappa shape index (κ1) is 13.8. The Morgan fingerprint density at radius 1 is 0.900 bits per heavy atom. The second-order valence-corrected chi connectivity index (χ2v) is 4.39. The molecule has 0 heterocycles. The second-order valence-electron chi connectivity index (χ2n) is 4.39. The van der Waals surface area contributed by atoms with E-state index >= 15 is 0 Å². The van der Waals surface area contributed by atoms with Gasteiger partial charge in [0.05, 0.1) is 0 Å². The first-order valence-corrected chi connectivity index (χ1v) is 6.46. The SMILES string of the molecule is O=C(O)/C=C/c1ccccc1/C=C/Cc1ccccc1. The van der Waals surface area contributed by atoms with Crippen LogP contribution in [0.25, 0.3) is 12.2 Å². The quantitative estimate of drug-likeness (QED) is 0.827. The molecule has 2 nitrogen and oxygen atoms in total. The lowest BCUT2D eigenvalue weighted by molar-refractivity contribution is -0.131. The van der Waals surface area contributed by atoms with Crippen molar-refractivity contribution in [2.75, 3.05) is 0 Å². The summed E-state index contributed by atoms with van der Waals surface area (Å²) in [5.41, 5.74) is 3.17. The van der Waals surface area contributed by atoms with Crippen LogP contribution >= 0.6 is 0 Å². The fourth-order valence-corrected chi connectivity index (χ4v) is 1.91. The lowest BCUT2D eigenvalue weighted by Gasteiger charge is -2.00. The highest BCUT2D eigenvalue weighted by atomic mass is 16.4. The van der Waals surface area contributed by atoms with Crippen molar-refractivity contribution < 1.29 is 9.90 Å². The van der Waals surface area contributed by atoms with Gasteiger partial charge in [0, 0.05) is 6.08 Å². The zero-order chi connectivity index (χ0) is 14.2. The molecule has 100 valence electrons. The summed E-state index contributed by atoms with van der Waals surface area (Å²) in [4.78, 5) is 10.6. The van der Waals surface area contributed by atoms with E-state index in [2.05, 4.69) is 18.2 Å². The molecule has 2 aromatic rings. The minimum atomic E-state index is -0.937. The number of aliphatic carboxylic acids is 1. The highest BCUT2D eigenvalue weighted by Gasteiger charge is 1.95. The zero-order valence-corrected chi connectivity index (χ0v) is 11.1. The third-order valence-electron chi connectivity index (χ3n) is 2.90. The molecule has 0 aliphatic carbocycles. The fourth-order valence-electron chi connectivity index (χ4n) is 1.91. The van der Waals surface area contributed by atoms with Crippen molar-refractivity contribution in [2.24, 2.45) is 0 Å². The maximum absolute atomic E-state index is 10.6. The number of carbonyl (C=O) groups is 1. The third kappa shape index (κ3) is 4.25. The van der Waals surface area contributed by atoms with Gasteiger partial charge in [-0.25, -0.2) is 4.79 Å². The molecule has 0 aliphatic heterocycles. The van der Waals surface area contributed by atoms with Crippen LogP contribution in [0.4, 0.5) is 0 Å². The number of carboxylic acids is 1. The molecule has 0 amide bonds. The molecule has 0 unspecified atom stereocenters. The van der Waals surface area contributed by atoms with Crippen LogP contribution in [0.1, 0.15) is 16.7 Å². The van der Waals surface area contributed by atoms with Crippen LogP contribution in [0.15, 0.2) is 66.7 Å².